The molecule has 3 aromatic rings. The predicted octanol–water partition coefficient (Wildman–Crippen LogP) is 3.84. The summed E-state index contributed by atoms with van der Waals surface area (Å²) in [6, 6.07) is 12.1. The molecule has 1 atom stereocenters. The molecule has 0 aromatic carbocycles. The molecule has 0 spiro atoms. The molecule has 1 aliphatic rings. The number of hydrogen-bond donors (Lipinski definition) is 0. The summed E-state index contributed by atoms with van der Waals surface area (Å²) >= 11 is 1.88. The molecule has 0 N–H and O–H groups in total. The summed E-state index contributed by atoms with van der Waals surface area (Å²) in [6.07, 6.45) is 6.78. The minimum absolute atomic E-state index is 0.0127. The molecule has 1 fully saturated rings. The number of carbonyl (C=O) groups is 1. The molecule has 0 radical (unpaired) electrons. The third-order valence-corrected chi connectivity index (χ3v) is 6.27. The molecular formula is C22H26N4OS. The maximum atomic E-state index is 12.9. The molecule has 5 nitrogen and oxygen atoms in total. The normalized spacial score (nSPS) is 17.1. The third-order valence-electron chi connectivity index (χ3n) is 5.29. The molecule has 28 heavy (non-hydrogen) atoms. The zero-order valence-corrected chi connectivity index (χ0v) is 17.2. The first kappa shape index (κ1) is 18.9. The van der Waals surface area contributed by atoms with E-state index in [2.05, 4.69) is 28.9 Å². The third kappa shape index (κ3) is 4.34. The van der Waals surface area contributed by atoms with Gasteiger partial charge < -0.3 is 9.47 Å². The minimum Gasteiger partial charge on any atom is -0.340 e. The average Bonchev–Trinajstić information content (AvgIpc) is 3.45. The fourth-order valence-corrected chi connectivity index (χ4v) is 4.80. The Hall–Kier alpha value is -2.44. The van der Waals surface area contributed by atoms with Crippen LogP contribution < -0.4 is 0 Å². The van der Waals surface area contributed by atoms with Gasteiger partial charge in [-0.1, -0.05) is 0 Å². The molecular weight excluding hydrogens is 368 g/mol. The number of likely N-dealkylation sites (tertiary alicyclic amines) is 1. The fraction of sp³-hybridized carbons (Fsp3) is 0.364. The van der Waals surface area contributed by atoms with Crippen molar-refractivity contribution in [3.8, 4) is 5.69 Å². The van der Waals surface area contributed by atoms with Crippen LogP contribution in [0.2, 0.25) is 0 Å². The van der Waals surface area contributed by atoms with Gasteiger partial charge in [0.2, 0.25) is 0 Å². The van der Waals surface area contributed by atoms with Gasteiger partial charge in [-0.2, -0.15) is 0 Å². The molecule has 1 saturated heterocycles. The second-order valence-corrected chi connectivity index (χ2v) is 8.95. The summed E-state index contributed by atoms with van der Waals surface area (Å²) in [5, 5.41) is 0. The van der Waals surface area contributed by atoms with E-state index in [1.807, 2.05) is 64.5 Å². The van der Waals surface area contributed by atoms with E-state index in [0.29, 0.717) is 11.6 Å². The van der Waals surface area contributed by atoms with Gasteiger partial charge in [-0.15, -0.1) is 11.3 Å². The fourth-order valence-electron chi connectivity index (χ4n) is 3.87. The topological polar surface area (TPSA) is 41.4 Å². The van der Waals surface area contributed by atoms with Crippen LogP contribution in [0.15, 0.2) is 55.0 Å². The quantitative estimate of drug-likeness (QED) is 0.638. The highest BCUT2D eigenvalue weighted by Gasteiger charge is 2.26. The number of amides is 1. The number of pyridine rings is 1. The molecule has 0 saturated carbocycles. The number of rotatable bonds is 6. The Kier molecular flexibility index (Phi) is 5.59. The number of aromatic nitrogens is 2. The van der Waals surface area contributed by atoms with E-state index in [-0.39, 0.29) is 5.91 Å². The van der Waals surface area contributed by atoms with Crippen molar-refractivity contribution in [2.45, 2.75) is 19.9 Å². The first-order valence-corrected chi connectivity index (χ1v) is 10.5. The zero-order chi connectivity index (χ0) is 19.5. The molecule has 4 rings (SSSR count). The molecule has 0 bridgehead atoms. The van der Waals surface area contributed by atoms with E-state index in [1.165, 1.54) is 9.75 Å². The number of carbonyl (C=O) groups excluding carboxylic acids is 1. The van der Waals surface area contributed by atoms with Crippen molar-refractivity contribution in [1.29, 1.82) is 0 Å². The summed E-state index contributed by atoms with van der Waals surface area (Å²) in [6.45, 7) is 6.10. The van der Waals surface area contributed by atoms with Crippen LogP contribution in [0.3, 0.4) is 0 Å². The summed E-state index contributed by atoms with van der Waals surface area (Å²) in [4.78, 5) is 24.3. The summed E-state index contributed by atoms with van der Waals surface area (Å²) < 4.78 is 1.99. The van der Waals surface area contributed by atoms with Crippen LogP contribution >= 0.6 is 11.3 Å². The van der Waals surface area contributed by atoms with E-state index in [9.17, 15) is 4.79 Å². The number of hydrogen-bond acceptors (Lipinski definition) is 4. The number of nitrogens with zero attached hydrogens (tertiary/aromatic N) is 4. The summed E-state index contributed by atoms with van der Waals surface area (Å²) in [5.74, 6) is 0.504. The second-order valence-electron chi connectivity index (χ2n) is 7.58. The largest absolute Gasteiger partial charge is 0.340 e. The lowest BCUT2D eigenvalue weighted by molar-refractivity contribution is 0.0767. The van der Waals surface area contributed by atoms with Crippen LogP contribution in [0.1, 0.15) is 26.7 Å². The molecule has 1 aliphatic heterocycles. The van der Waals surface area contributed by atoms with Gasteiger partial charge >= 0.3 is 0 Å². The summed E-state index contributed by atoms with van der Waals surface area (Å²) in [7, 11) is 1.89. The van der Waals surface area contributed by atoms with Crippen molar-refractivity contribution in [1.82, 2.24) is 19.4 Å². The molecule has 1 amide bonds. The van der Waals surface area contributed by atoms with Crippen LogP contribution in [0.4, 0.5) is 0 Å². The Balaban J connectivity index is 1.34. The van der Waals surface area contributed by atoms with Gasteiger partial charge in [0.05, 0.1) is 0 Å². The maximum absolute atomic E-state index is 12.9. The van der Waals surface area contributed by atoms with Crippen LogP contribution in [-0.4, -0.2) is 51.9 Å². The van der Waals surface area contributed by atoms with Gasteiger partial charge in [-0.3, -0.25) is 14.7 Å². The minimum atomic E-state index is -0.0127. The van der Waals surface area contributed by atoms with E-state index >= 15 is 0 Å². The van der Waals surface area contributed by atoms with E-state index < -0.39 is 0 Å². The molecule has 1 unspecified atom stereocenters. The molecule has 4 heterocycles. The van der Waals surface area contributed by atoms with Crippen molar-refractivity contribution < 1.29 is 4.79 Å². The van der Waals surface area contributed by atoms with Crippen molar-refractivity contribution in [3.05, 3.63) is 70.4 Å². The standard InChI is InChI=1S/C22H26N4OS/c1-17-5-6-20(28-17)16-25-12-8-18(15-25)14-24(2)22(27)21-13-19(7-9-23-21)26-10-3-4-11-26/h3-7,9-11,13,18H,8,12,14-16H2,1-2H3. The van der Waals surface area contributed by atoms with Gasteiger partial charge in [-0.25, -0.2) is 0 Å². The van der Waals surface area contributed by atoms with Gasteiger partial charge in [0, 0.05) is 60.7 Å². The lowest BCUT2D eigenvalue weighted by Gasteiger charge is -2.21. The Morgan fingerprint density at radius 3 is 2.86 bits per heavy atom. The second kappa shape index (κ2) is 8.29. The van der Waals surface area contributed by atoms with Gasteiger partial charge in [0.1, 0.15) is 5.69 Å². The van der Waals surface area contributed by atoms with Gasteiger partial charge in [-0.05, 0) is 62.2 Å². The van der Waals surface area contributed by atoms with Crippen molar-refractivity contribution >= 4 is 17.2 Å². The van der Waals surface area contributed by atoms with E-state index in [1.54, 1.807) is 6.20 Å². The van der Waals surface area contributed by atoms with Gasteiger partial charge in [0.25, 0.3) is 5.91 Å². The Bertz CT molecular complexity index is 934. The van der Waals surface area contributed by atoms with Crippen molar-refractivity contribution in [2.75, 3.05) is 26.7 Å². The lowest BCUT2D eigenvalue weighted by Crippen LogP contribution is -2.33. The average molecular weight is 395 g/mol. The molecule has 0 aliphatic carbocycles. The van der Waals surface area contributed by atoms with E-state index in [4.69, 9.17) is 0 Å². The van der Waals surface area contributed by atoms with E-state index in [0.717, 1.165) is 38.3 Å². The summed E-state index contributed by atoms with van der Waals surface area (Å²) in [5.41, 5.74) is 1.45. The monoisotopic (exact) mass is 394 g/mol. The Labute approximate surface area is 170 Å². The van der Waals surface area contributed by atoms with Crippen LogP contribution in [-0.2, 0) is 6.54 Å². The molecule has 3 aromatic heterocycles. The SMILES string of the molecule is Cc1ccc(CN2CCC(CN(C)C(=O)c3cc(-n4cccc4)ccn3)C2)s1. The Morgan fingerprint density at radius 2 is 2.11 bits per heavy atom. The Morgan fingerprint density at radius 1 is 1.29 bits per heavy atom. The van der Waals surface area contributed by atoms with Crippen LogP contribution in [0, 0.1) is 12.8 Å². The van der Waals surface area contributed by atoms with Crippen LogP contribution in [0.5, 0.6) is 0 Å². The zero-order valence-electron chi connectivity index (χ0n) is 16.4. The first-order chi connectivity index (χ1) is 13.6. The smallest absolute Gasteiger partial charge is 0.272 e. The number of thiophene rings is 1. The van der Waals surface area contributed by atoms with Crippen molar-refractivity contribution in [2.24, 2.45) is 5.92 Å². The van der Waals surface area contributed by atoms with Crippen LogP contribution in [0.25, 0.3) is 5.69 Å². The van der Waals surface area contributed by atoms with Crippen molar-refractivity contribution in [3.63, 3.8) is 0 Å². The highest BCUT2D eigenvalue weighted by Crippen LogP contribution is 2.23. The highest BCUT2D eigenvalue weighted by atomic mass is 32.1. The lowest BCUT2D eigenvalue weighted by atomic mass is 10.1. The first-order valence-electron chi connectivity index (χ1n) is 9.71. The molecule has 146 valence electrons. The van der Waals surface area contributed by atoms with Gasteiger partial charge in [0.15, 0.2) is 0 Å². The highest BCUT2D eigenvalue weighted by molar-refractivity contribution is 7.11. The molecule has 6 heteroatoms. The number of aryl methyl sites for hydroxylation is 1. The predicted molar refractivity (Wildman–Crippen MR) is 113 cm³/mol. The maximum Gasteiger partial charge on any atom is 0.272 e.